The molecule has 2 atom stereocenters. The second-order valence-electron chi connectivity index (χ2n) is 9.87. The maximum atomic E-state index is 13.7. The Hall–Kier alpha value is -5.23. The van der Waals surface area contributed by atoms with E-state index in [0.29, 0.717) is 5.84 Å². The van der Waals surface area contributed by atoms with Crippen molar-refractivity contribution < 1.29 is 19.1 Å². The lowest BCUT2D eigenvalue weighted by atomic mass is 9.80. The normalized spacial score (nSPS) is 16.6. The molecule has 0 heterocycles. The summed E-state index contributed by atoms with van der Waals surface area (Å²) in [7, 11) is 2.65. The number of carbonyl (C=O) groups excluding carboxylic acids is 2. The number of methoxy groups -OCH3 is 2. The highest BCUT2D eigenvalue weighted by Crippen LogP contribution is 2.39. The van der Waals surface area contributed by atoms with Crippen LogP contribution in [0.25, 0.3) is 0 Å². The SMILES string of the molecule is COC(=O)C1=C(C(=O)OC)[C@@H](c2ccccc2)C=C[C@H]1N(C(=Nc1ccccc1)c1ccccc1)c1ccc(C)cc1. The Morgan fingerprint density at radius 1 is 0.667 bits per heavy atom. The van der Waals surface area contributed by atoms with Crippen LogP contribution in [0.2, 0.25) is 0 Å². The van der Waals surface area contributed by atoms with Gasteiger partial charge in [-0.25, -0.2) is 14.6 Å². The van der Waals surface area contributed by atoms with Gasteiger partial charge < -0.3 is 14.4 Å². The minimum absolute atomic E-state index is 0.193. The summed E-state index contributed by atoms with van der Waals surface area (Å²) in [6, 6.07) is 36.3. The molecule has 0 saturated carbocycles. The first-order valence-electron chi connectivity index (χ1n) is 13.7. The Morgan fingerprint density at radius 2 is 1.21 bits per heavy atom. The van der Waals surface area contributed by atoms with E-state index < -0.39 is 23.9 Å². The first-order chi connectivity index (χ1) is 20.5. The quantitative estimate of drug-likeness (QED) is 0.107. The Labute approximate surface area is 246 Å². The van der Waals surface area contributed by atoms with Gasteiger partial charge in [-0.05, 0) is 36.8 Å². The number of allylic oxidation sites excluding steroid dienone is 1. The number of ether oxygens (including phenoxy) is 2. The van der Waals surface area contributed by atoms with Crippen molar-refractivity contribution in [3.05, 3.63) is 155 Å². The molecule has 0 spiro atoms. The van der Waals surface area contributed by atoms with Crippen molar-refractivity contribution in [2.24, 2.45) is 4.99 Å². The van der Waals surface area contributed by atoms with E-state index in [1.165, 1.54) is 14.2 Å². The van der Waals surface area contributed by atoms with Gasteiger partial charge in [0.2, 0.25) is 0 Å². The van der Waals surface area contributed by atoms with Crippen LogP contribution < -0.4 is 4.90 Å². The molecule has 0 N–H and O–H groups in total. The van der Waals surface area contributed by atoms with E-state index in [0.717, 1.165) is 28.1 Å². The Kier molecular flexibility index (Phi) is 8.73. The van der Waals surface area contributed by atoms with Crippen LogP contribution in [0, 0.1) is 6.92 Å². The van der Waals surface area contributed by atoms with Crippen molar-refractivity contribution in [2.75, 3.05) is 19.1 Å². The fourth-order valence-corrected chi connectivity index (χ4v) is 5.17. The highest BCUT2D eigenvalue weighted by molar-refractivity contribution is 6.14. The second kappa shape index (κ2) is 13.0. The fourth-order valence-electron chi connectivity index (χ4n) is 5.17. The maximum Gasteiger partial charge on any atom is 0.336 e. The molecular formula is C36H32N2O4. The Balaban J connectivity index is 1.81. The molecule has 1 aliphatic carbocycles. The van der Waals surface area contributed by atoms with Crippen molar-refractivity contribution in [3.63, 3.8) is 0 Å². The number of hydrogen-bond donors (Lipinski definition) is 0. The molecule has 42 heavy (non-hydrogen) atoms. The predicted octanol–water partition coefficient (Wildman–Crippen LogP) is 6.94. The number of aryl methyl sites for hydroxylation is 1. The van der Waals surface area contributed by atoms with Crippen LogP contribution in [-0.2, 0) is 19.1 Å². The lowest BCUT2D eigenvalue weighted by Crippen LogP contribution is -2.45. The van der Waals surface area contributed by atoms with E-state index in [1.54, 1.807) is 0 Å². The number of hydrogen-bond acceptors (Lipinski definition) is 5. The van der Waals surface area contributed by atoms with Gasteiger partial charge in [0.05, 0.1) is 37.1 Å². The molecule has 0 saturated heterocycles. The summed E-state index contributed by atoms with van der Waals surface area (Å²) >= 11 is 0. The van der Waals surface area contributed by atoms with Gasteiger partial charge >= 0.3 is 11.9 Å². The number of esters is 2. The number of carbonyl (C=O) groups is 2. The van der Waals surface area contributed by atoms with E-state index in [4.69, 9.17) is 14.5 Å². The molecule has 6 nitrogen and oxygen atoms in total. The lowest BCUT2D eigenvalue weighted by molar-refractivity contribution is -0.139. The third-order valence-corrected chi connectivity index (χ3v) is 7.19. The van der Waals surface area contributed by atoms with Gasteiger partial charge in [-0.3, -0.25) is 0 Å². The van der Waals surface area contributed by atoms with Gasteiger partial charge in [-0.1, -0.05) is 109 Å². The Bertz CT molecular complexity index is 1630. The minimum Gasteiger partial charge on any atom is -0.466 e. The highest BCUT2D eigenvalue weighted by atomic mass is 16.5. The second-order valence-corrected chi connectivity index (χ2v) is 9.87. The van der Waals surface area contributed by atoms with Gasteiger partial charge in [0.1, 0.15) is 5.84 Å². The van der Waals surface area contributed by atoms with Crippen molar-refractivity contribution >= 4 is 29.1 Å². The number of aliphatic imine (C=N–C) groups is 1. The number of rotatable bonds is 7. The molecule has 0 aliphatic heterocycles. The molecule has 0 bridgehead atoms. The monoisotopic (exact) mass is 556 g/mol. The van der Waals surface area contributed by atoms with Crippen LogP contribution in [0.5, 0.6) is 0 Å². The van der Waals surface area contributed by atoms with Crippen molar-refractivity contribution in [1.82, 2.24) is 0 Å². The number of para-hydroxylation sites is 1. The van der Waals surface area contributed by atoms with Crippen LogP contribution in [-0.4, -0.2) is 38.0 Å². The highest BCUT2D eigenvalue weighted by Gasteiger charge is 2.40. The molecule has 0 amide bonds. The van der Waals surface area contributed by atoms with Crippen LogP contribution in [0.3, 0.4) is 0 Å². The number of nitrogens with zero attached hydrogens (tertiary/aromatic N) is 2. The van der Waals surface area contributed by atoms with Gasteiger partial charge in [0.25, 0.3) is 0 Å². The largest absolute Gasteiger partial charge is 0.466 e. The summed E-state index contributed by atoms with van der Waals surface area (Å²) in [5, 5.41) is 0. The van der Waals surface area contributed by atoms with E-state index in [2.05, 4.69) is 0 Å². The molecule has 0 aromatic heterocycles. The number of benzene rings is 4. The van der Waals surface area contributed by atoms with Crippen LogP contribution in [0.15, 0.2) is 144 Å². The third-order valence-electron chi connectivity index (χ3n) is 7.19. The zero-order chi connectivity index (χ0) is 29.5. The van der Waals surface area contributed by atoms with Crippen molar-refractivity contribution in [1.29, 1.82) is 0 Å². The predicted molar refractivity (Wildman–Crippen MR) is 166 cm³/mol. The molecule has 0 unspecified atom stereocenters. The molecule has 0 radical (unpaired) electrons. The van der Waals surface area contributed by atoms with Crippen molar-refractivity contribution in [3.8, 4) is 0 Å². The summed E-state index contributed by atoms with van der Waals surface area (Å²) in [6.07, 6.45) is 3.89. The molecule has 4 aromatic carbocycles. The minimum atomic E-state index is -0.739. The zero-order valence-electron chi connectivity index (χ0n) is 23.8. The van der Waals surface area contributed by atoms with Gasteiger partial charge in [0.15, 0.2) is 0 Å². The Morgan fingerprint density at radius 3 is 1.81 bits per heavy atom. The summed E-state index contributed by atoms with van der Waals surface area (Å²) < 4.78 is 10.6. The average Bonchev–Trinajstić information content (AvgIpc) is 3.05. The topological polar surface area (TPSA) is 68.2 Å². The van der Waals surface area contributed by atoms with Crippen molar-refractivity contribution in [2.45, 2.75) is 18.9 Å². The van der Waals surface area contributed by atoms with E-state index in [1.807, 2.05) is 139 Å². The standard InChI is InChI=1S/C36H32N2O4/c1-25-19-21-29(22-20-25)38(34(27-15-9-5-10-16-27)37-28-17-11-6-12-18-28)31-24-23-30(26-13-7-4-8-14-26)32(35(39)41-2)33(31)36(40)42-3/h4-24,30-31H,1-3H3/t30-,31-/m1/s1. The first kappa shape index (κ1) is 28.3. The van der Waals surface area contributed by atoms with Gasteiger partial charge in [-0.2, -0.15) is 0 Å². The number of amidine groups is 1. The maximum absolute atomic E-state index is 13.7. The number of anilines is 1. The van der Waals surface area contributed by atoms with Crippen LogP contribution in [0.1, 0.15) is 22.6 Å². The van der Waals surface area contributed by atoms with Gasteiger partial charge in [-0.15, -0.1) is 0 Å². The van der Waals surface area contributed by atoms with E-state index in [9.17, 15) is 9.59 Å². The molecule has 210 valence electrons. The first-order valence-corrected chi connectivity index (χ1v) is 13.7. The molecule has 6 heteroatoms. The molecule has 1 aliphatic rings. The summed E-state index contributed by atoms with van der Waals surface area (Å²) in [4.78, 5) is 34.3. The fraction of sp³-hybridized carbons (Fsp3) is 0.139. The van der Waals surface area contributed by atoms with E-state index in [-0.39, 0.29) is 11.1 Å². The molecular weight excluding hydrogens is 524 g/mol. The molecule has 4 aromatic rings. The summed E-state index contributed by atoms with van der Waals surface area (Å²) in [5.41, 5.74) is 4.73. The van der Waals surface area contributed by atoms with Crippen LogP contribution in [0.4, 0.5) is 11.4 Å². The summed E-state index contributed by atoms with van der Waals surface area (Å²) in [6.45, 7) is 2.02. The smallest absolute Gasteiger partial charge is 0.336 e. The van der Waals surface area contributed by atoms with Crippen LogP contribution >= 0.6 is 0 Å². The molecule has 0 fully saturated rings. The van der Waals surface area contributed by atoms with Gasteiger partial charge in [0, 0.05) is 17.2 Å². The lowest BCUT2D eigenvalue weighted by Gasteiger charge is -2.37. The van der Waals surface area contributed by atoms with E-state index >= 15 is 0 Å². The third kappa shape index (κ3) is 5.93. The zero-order valence-corrected chi connectivity index (χ0v) is 23.8. The summed E-state index contributed by atoms with van der Waals surface area (Å²) in [5.74, 6) is -1.11. The average molecular weight is 557 g/mol. The molecule has 5 rings (SSSR count).